The summed E-state index contributed by atoms with van der Waals surface area (Å²) >= 11 is 0. The molecular formula is C43H50O5. The second-order valence-electron chi connectivity index (χ2n) is 14.8. The molecule has 0 heterocycles. The van der Waals surface area contributed by atoms with Crippen LogP contribution in [0.1, 0.15) is 121 Å². The molecule has 0 unspecified atom stereocenters. The van der Waals surface area contributed by atoms with Gasteiger partial charge in [0.05, 0.1) is 11.7 Å². The van der Waals surface area contributed by atoms with Crippen molar-refractivity contribution in [3.63, 3.8) is 0 Å². The third kappa shape index (κ3) is 7.51. The fraction of sp³-hybridized carbons (Fsp3) is 0.395. The predicted molar refractivity (Wildman–Crippen MR) is 193 cm³/mol. The zero-order valence-electron chi connectivity index (χ0n) is 30.1. The Balaban J connectivity index is 1.34. The smallest absolute Gasteiger partial charge is 0.343 e. The van der Waals surface area contributed by atoms with Crippen LogP contribution < -0.4 is 14.2 Å². The van der Waals surface area contributed by atoms with Crippen molar-refractivity contribution in [2.24, 2.45) is 5.41 Å². The molecule has 0 spiro atoms. The quantitative estimate of drug-likeness (QED) is 0.103. The first kappa shape index (κ1) is 34.9. The number of hydrogen-bond acceptors (Lipinski definition) is 5. The molecule has 0 N–H and O–H groups in total. The highest BCUT2D eigenvalue weighted by molar-refractivity contribution is 5.99. The molecule has 0 aliphatic heterocycles. The first-order chi connectivity index (χ1) is 22.7. The molecule has 1 aliphatic rings. The van der Waals surface area contributed by atoms with E-state index in [-0.39, 0.29) is 17.3 Å². The summed E-state index contributed by atoms with van der Waals surface area (Å²) in [4.78, 5) is 25.9. The third-order valence-corrected chi connectivity index (χ3v) is 9.40. The van der Waals surface area contributed by atoms with Crippen LogP contribution in [-0.4, -0.2) is 17.9 Å². The van der Waals surface area contributed by atoms with Gasteiger partial charge in [-0.3, -0.25) is 4.79 Å². The Bertz CT molecular complexity index is 1740. The Morgan fingerprint density at radius 2 is 1.08 bits per heavy atom. The SMILES string of the molecule is Cc1cc(C2(c3cc(C)c(OC(C)C)c(C)c3)CCCCC2)cc(C)c1OC(=O)c1ccc(Oc2ccc(C(=O)C(C)(C)C)cc2)cc1. The molecule has 1 aliphatic carbocycles. The van der Waals surface area contributed by atoms with Crippen molar-refractivity contribution in [2.75, 3.05) is 0 Å². The van der Waals surface area contributed by atoms with Gasteiger partial charge in [0.2, 0.25) is 0 Å². The van der Waals surface area contributed by atoms with E-state index in [1.807, 2.05) is 34.6 Å². The van der Waals surface area contributed by atoms with Crippen molar-refractivity contribution in [1.29, 1.82) is 0 Å². The topological polar surface area (TPSA) is 61.8 Å². The van der Waals surface area contributed by atoms with Crippen molar-refractivity contribution in [1.82, 2.24) is 0 Å². The van der Waals surface area contributed by atoms with E-state index in [0.717, 1.165) is 29.7 Å². The molecule has 0 amide bonds. The molecule has 0 saturated heterocycles. The number of carbonyl (C=O) groups is 2. The number of esters is 1. The minimum absolute atomic E-state index is 0.0815. The van der Waals surface area contributed by atoms with Gasteiger partial charge < -0.3 is 14.2 Å². The van der Waals surface area contributed by atoms with Gasteiger partial charge in [-0.2, -0.15) is 0 Å². The molecular weight excluding hydrogens is 596 g/mol. The summed E-state index contributed by atoms with van der Waals surface area (Å²) in [6.45, 7) is 18.2. The second-order valence-corrected chi connectivity index (χ2v) is 14.8. The van der Waals surface area contributed by atoms with E-state index in [2.05, 4.69) is 52.0 Å². The summed E-state index contributed by atoms with van der Waals surface area (Å²) in [6.07, 6.45) is 5.90. The van der Waals surface area contributed by atoms with Gasteiger partial charge in [-0.05, 0) is 136 Å². The first-order valence-corrected chi connectivity index (χ1v) is 17.2. The standard InChI is InChI=1S/C43H50O5/c1-27(2)46-38-28(3)23-34(24-29(38)4)43(21-11-10-12-22-43)35-25-30(5)39(31(6)26-35)48-41(45)33-15-19-37(20-16-33)47-36-17-13-32(14-18-36)40(44)42(7,8)9/h13-20,23-27H,10-12,21-22H2,1-9H3. The van der Waals surface area contributed by atoms with Gasteiger partial charge in [0.15, 0.2) is 5.78 Å². The maximum absolute atomic E-state index is 13.3. The summed E-state index contributed by atoms with van der Waals surface area (Å²) in [5, 5.41) is 0. The van der Waals surface area contributed by atoms with Crippen LogP contribution in [0.2, 0.25) is 0 Å². The Morgan fingerprint density at radius 3 is 1.52 bits per heavy atom. The largest absolute Gasteiger partial charge is 0.490 e. The highest BCUT2D eigenvalue weighted by Gasteiger charge is 2.37. The third-order valence-electron chi connectivity index (χ3n) is 9.40. The fourth-order valence-electron chi connectivity index (χ4n) is 6.99. The molecule has 0 bridgehead atoms. The van der Waals surface area contributed by atoms with Crippen molar-refractivity contribution in [2.45, 2.75) is 106 Å². The van der Waals surface area contributed by atoms with E-state index in [4.69, 9.17) is 14.2 Å². The van der Waals surface area contributed by atoms with Gasteiger partial charge in [-0.15, -0.1) is 0 Å². The lowest BCUT2D eigenvalue weighted by Gasteiger charge is -2.40. The van der Waals surface area contributed by atoms with Crippen LogP contribution in [0, 0.1) is 33.1 Å². The molecule has 1 saturated carbocycles. The molecule has 4 aromatic carbocycles. The van der Waals surface area contributed by atoms with E-state index in [0.29, 0.717) is 28.4 Å². The molecule has 5 nitrogen and oxygen atoms in total. The lowest BCUT2D eigenvalue weighted by molar-refractivity contribution is 0.0731. The Labute approximate surface area is 286 Å². The molecule has 0 atom stereocenters. The van der Waals surface area contributed by atoms with Gasteiger partial charge in [-0.25, -0.2) is 4.79 Å². The van der Waals surface area contributed by atoms with Crippen LogP contribution in [0.3, 0.4) is 0 Å². The summed E-state index contributed by atoms with van der Waals surface area (Å²) in [5.74, 6) is 2.46. The number of Topliss-reactive ketones (excluding diaryl/α,β-unsaturated/α-hetero) is 1. The normalized spacial score (nSPS) is 14.5. The predicted octanol–water partition coefficient (Wildman–Crippen LogP) is 11.2. The molecule has 5 rings (SSSR count). The molecule has 48 heavy (non-hydrogen) atoms. The molecule has 4 aromatic rings. The number of ketones is 1. The average molecular weight is 647 g/mol. The minimum Gasteiger partial charge on any atom is -0.490 e. The van der Waals surface area contributed by atoms with Gasteiger partial charge in [0.25, 0.3) is 0 Å². The maximum Gasteiger partial charge on any atom is 0.343 e. The molecule has 1 fully saturated rings. The summed E-state index contributed by atoms with van der Waals surface area (Å²) < 4.78 is 18.2. The summed E-state index contributed by atoms with van der Waals surface area (Å²) in [5.41, 5.74) is 7.41. The monoisotopic (exact) mass is 646 g/mol. The van der Waals surface area contributed by atoms with E-state index in [1.165, 1.54) is 41.5 Å². The van der Waals surface area contributed by atoms with Crippen molar-refractivity contribution >= 4 is 11.8 Å². The van der Waals surface area contributed by atoms with Gasteiger partial charge >= 0.3 is 5.97 Å². The van der Waals surface area contributed by atoms with Gasteiger partial charge in [-0.1, -0.05) is 64.3 Å². The number of carbonyl (C=O) groups excluding carboxylic acids is 2. The highest BCUT2D eigenvalue weighted by atomic mass is 16.5. The summed E-state index contributed by atoms with van der Waals surface area (Å²) in [7, 11) is 0. The fourth-order valence-corrected chi connectivity index (χ4v) is 6.99. The van der Waals surface area contributed by atoms with Crippen LogP contribution >= 0.6 is 0 Å². The number of rotatable bonds is 9. The molecule has 0 aromatic heterocycles. The lowest BCUT2D eigenvalue weighted by Crippen LogP contribution is -2.31. The molecule has 5 heteroatoms. The van der Waals surface area contributed by atoms with Crippen LogP contribution in [0.4, 0.5) is 0 Å². The Kier molecular flexibility index (Phi) is 10.2. The lowest BCUT2D eigenvalue weighted by atomic mass is 9.64. The van der Waals surface area contributed by atoms with E-state index >= 15 is 0 Å². The summed E-state index contributed by atoms with van der Waals surface area (Å²) in [6, 6.07) is 23.1. The number of hydrogen-bond donors (Lipinski definition) is 0. The van der Waals surface area contributed by atoms with E-state index in [1.54, 1.807) is 48.5 Å². The molecule has 252 valence electrons. The highest BCUT2D eigenvalue weighted by Crippen LogP contribution is 2.48. The van der Waals surface area contributed by atoms with Crippen LogP contribution in [0.15, 0.2) is 72.8 Å². The average Bonchev–Trinajstić information content (AvgIpc) is 3.04. The second kappa shape index (κ2) is 14.0. The van der Waals surface area contributed by atoms with Gasteiger partial charge in [0.1, 0.15) is 23.0 Å². The molecule has 0 radical (unpaired) electrons. The van der Waals surface area contributed by atoms with Crippen molar-refractivity contribution in [3.8, 4) is 23.0 Å². The van der Waals surface area contributed by atoms with E-state index < -0.39 is 11.4 Å². The first-order valence-electron chi connectivity index (χ1n) is 17.2. The van der Waals surface area contributed by atoms with Crippen LogP contribution in [0.5, 0.6) is 23.0 Å². The van der Waals surface area contributed by atoms with Gasteiger partial charge in [0, 0.05) is 16.4 Å². The van der Waals surface area contributed by atoms with Crippen molar-refractivity contribution < 1.29 is 23.8 Å². The number of benzene rings is 4. The van der Waals surface area contributed by atoms with Crippen LogP contribution in [0.25, 0.3) is 0 Å². The zero-order valence-corrected chi connectivity index (χ0v) is 30.1. The van der Waals surface area contributed by atoms with Crippen molar-refractivity contribution in [3.05, 3.63) is 117 Å². The Morgan fingerprint density at radius 1 is 0.646 bits per heavy atom. The maximum atomic E-state index is 13.3. The van der Waals surface area contributed by atoms with Crippen LogP contribution in [-0.2, 0) is 5.41 Å². The zero-order chi connectivity index (χ0) is 34.8. The number of ether oxygens (including phenoxy) is 3. The van der Waals surface area contributed by atoms with E-state index in [9.17, 15) is 9.59 Å². The Hall–Kier alpha value is -4.38. The minimum atomic E-state index is -0.447. The number of aryl methyl sites for hydroxylation is 4.